The van der Waals surface area contributed by atoms with E-state index < -0.39 is 0 Å². The van der Waals surface area contributed by atoms with E-state index >= 15 is 0 Å². The summed E-state index contributed by atoms with van der Waals surface area (Å²) in [6, 6.07) is 3.91. The Labute approximate surface area is 113 Å². The molecule has 2 amide bonds. The summed E-state index contributed by atoms with van der Waals surface area (Å²) in [6.07, 6.45) is 4.14. The van der Waals surface area contributed by atoms with Crippen LogP contribution >= 0.6 is 22.7 Å². The van der Waals surface area contributed by atoms with Crippen molar-refractivity contribution in [3.05, 3.63) is 33.9 Å². The Morgan fingerprint density at radius 3 is 2.78 bits per heavy atom. The van der Waals surface area contributed by atoms with Gasteiger partial charge in [0.1, 0.15) is 5.00 Å². The zero-order chi connectivity index (χ0) is 12.4. The van der Waals surface area contributed by atoms with Gasteiger partial charge in [-0.3, -0.25) is 4.57 Å². The third-order valence-electron chi connectivity index (χ3n) is 2.90. The molecule has 0 N–H and O–H groups in total. The number of amides is 2. The van der Waals surface area contributed by atoms with Crippen molar-refractivity contribution in [1.82, 2.24) is 9.47 Å². The minimum absolute atomic E-state index is 0.111. The molecule has 0 unspecified atom stereocenters. The van der Waals surface area contributed by atoms with Gasteiger partial charge < -0.3 is 4.90 Å². The Morgan fingerprint density at radius 2 is 2.06 bits per heavy atom. The van der Waals surface area contributed by atoms with E-state index in [1.54, 1.807) is 11.3 Å². The highest BCUT2D eigenvalue weighted by Gasteiger charge is 2.17. The molecule has 0 radical (unpaired) electrons. The van der Waals surface area contributed by atoms with Crippen LogP contribution in [0.1, 0.15) is 12.8 Å². The molecule has 94 valence electrons. The third kappa shape index (κ3) is 2.26. The fraction of sp³-hybridized carbons (Fsp3) is 0.333. The summed E-state index contributed by atoms with van der Waals surface area (Å²) in [6.45, 7) is 1.68. The molecule has 6 heteroatoms. The van der Waals surface area contributed by atoms with Crippen LogP contribution in [0.2, 0.25) is 0 Å². The topological polar surface area (TPSA) is 37.6 Å². The van der Waals surface area contributed by atoms with Crippen LogP contribution in [0.5, 0.6) is 0 Å². The lowest BCUT2D eigenvalue weighted by Crippen LogP contribution is -2.27. The number of aromatic nitrogens is 1. The molecule has 2 aromatic rings. The smallest absolute Gasteiger partial charge is 0.323 e. The zero-order valence-electron chi connectivity index (χ0n) is 9.78. The zero-order valence-corrected chi connectivity index (χ0v) is 11.4. The molecule has 1 fully saturated rings. The molecule has 0 spiro atoms. The molecule has 1 aliphatic heterocycles. The summed E-state index contributed by atoms with van der Waals surface area (Å²) in [5, 5.41) is 5.06. The Kier molecular flexibility index (Phi) is 3.29. The van der Waals surface area contributed by atoms with Crippen LogP contribution in [0.3, 0.4) is 0 Å². The summed E-state index contributed by atoms with van der Waals surface area (Å²) in [5.74, 6) is 0. The van der Waals surface area contributed by atoms with E-state index in [0.29, 0.717) is 0 Å². The molecular formula is C12H13N3OS2. The number of hydrogen-bond acceptors (Lipinski definition) is 3. The highest BCUT2D eigenvalue weighted by atomic mass is 32.1. The van der Waals surface area contributed by atoms with Crippen molar-refractivity contribution in [3.8, 4) is 5.00 Å². The number of rotatable bonds is 1. The number of thiophene rings is 1. The second kappa shape index (κ2) is 5.07. The summed E-state index contributed by atoms with van der Waals surface area (Å²) < 4.78 is 1.96. The van der Waals surface area contributed by atoms with E-state index in [9.17, 15) is 4.79 Å². The van der Waals surface area contributed by atoms with E-state index in [1.807, 2.05) is 38.6 Å². The number of urea groups is 1. The van der Waals surface area contributed by atoms with Crippen molar-refractivity contribution in [2.75, 3.05) is 13.1 Å². The molecule has 0 aliphatic carbocycles. The fourth-order valence-electron chi connectivity index (χ4n) is 1.99. The highest BCUT2D eigenvalue weighted by molar-refractivity contribution is 7.12. The van der Waals surface area contributed by atoms with E-state index in [4.69, 9.17) is 0 Å². The maximum Gasteiger partial charge on any atom is 0.346 e. The maximum absolute atomic E-state index is 12.0. The van der Waals surface area contributed by atoms with Gasteiger partial charge in [0.2, 0.25) is 0 Å². The Balaban J connectivity index is 1.92. The first-order valence-corrected chi connectivity index (χ1v) is 7.64. The molecule has 0 bridgehead atoms. The summed E-state index contributed by atoms with van der Waals surface area (Å²) >= 11 is 3.13. The van der Waals surface area contributed by atoms with Gasteiger partial charge in [0.15, 0.2) is 4.80 Å². The maximum atomic E-state index is 12.0. The van der Waals surface area contributed by atoms with Crippen LogP contribution in [0.4, 0.5) is 4.79 Å². The first kappa shape index (κ1) is 11.7. The van der Waals surface area contributed by atoms with Gasteiger partial charge in [0.05, 0.1) is 0 Å². The monoisotopic (exact) mass is 279 g/mol. The van der Waals surface area contributed by atoms with E-state index in [1.165, 1.54) is 11.3 Å². The quantitative estimate of drug-likeness (QED) is 0.791. The molecule has 1 saturated heterocycles. The highest BCUT2D eigenvalue weighted by Crippen LogP contribution is 2.14. The molecule has 3 rings (SSSR count). The molecule has 18 heavy (non-hydrogen) atoms. The van der Waals surface area contributed by atoms with E-state index in [0.717, 1.165) is 35.7 Å². The molecule has 3 heterocycles. The number of carbonyl (C=O) groups excluding carboxylic acids is 1. The lowest BCUT2D eigenvalue weighted by atomic mass is 10.4. The van der Waals surface area contributed by atoms with Gasteiger partial charge >= 0.3 is 6.03 Å². The number of hydrogen-bond donors (Lipinski definition) is 0. The summed E-state index contributed by atoms with van der Waals surface area (Å²) in [7, 11) is 0. The van der Waals surface area contributed by atoms with E-state index in [2.05, 4.69) is 4.99 Å². The average Bonchev–Trinajstić information content (AvgIpc) is 3.11. The second-order valence-electron chi connectivity index (χ2n) is 4.10. The van der Waals surface area contributed by atoms with Gasteiger partial charge in [-0.2, -0.15) is 4.99 Å². The van der Waals surface area contributed by atoms with E-state index in [-0.39, 0.29) is 6.03 Å². The summed E-state index contributed by atoms with van der Waals surface area (Å²) in [5.41, 5.74) is 0. The van der Waals surface area contributed by atoms with Crippen molar-refractivity contribution in [2.45, 2.75) is 12.8 Å². The molecule has 0 atom stereocenters. The van der Waals surface area contributed by atoms with Crippen LogP contribution in [-0.4, -0.2) is 28.6 Å². The first-order valence-electron chi connectivity index (χ1n) is 5.88. The molecule has 1 aliphatic rings. The second-order valence-corrected chi connectivity index (χ2v) is 5.89. The summed E-state index contributed by atoms with van der Waals surface area (Å²) in [4.78, 5) is 18.8. The lowest BCUT2D eigenvalue weighted by molar-refractivity contribution is 0.218. The van der Waals surface area contributed by atoms with Crippen molar-refractivity contribution < 1.29 is 4.79 Å². The average molecular weight is 279 g/mol. The predicted molar refractivity (Wildman–Crippen MR) is 73.3 cm³/mol. The molecular weight excluding hydrogens is 266 g/mol. The minimum Gasteiger partial charge on any atom is -0.323 e. The van der Waals surface area contributed by atoms with Gasteiger partial charge in [0.25, 0.3) is 0 Å². The SMILES string of the molecule is O=C(N=c1sccn1-c1cccs1)N1CCCC1. The number of carbonyl (C=O) groups is 1. The van der Waals surface area contributed by atoms with Gasteiger partial charge in [-0.05, 0) is 30.4 Å². The lowest BCUT2D eigenvalue weighted by Gasteiger charge is -2.10. The molecule has 4 nitrogen and oxygen atoms in total. The van der Waals surface area contributed by atoms with Crippen molar-refractivity contribution in [2.24, 2.45) is 4.99 Å². The van der Waals surface area contributed by atoms with Crippen LogP contribution in [0.15, 0.2) is 34.1 Å². The number of nitrogens with zero attached hydrogens (tertiary/aromatic N) is 3. The van der Waals surface area contributed by atoms with Gasteiger partial charge in [-0.1, -0.05) is 0 Å². The molecule has 0 aromatic carbocycles. The van der Waals surface area contributed by atoms with Crippen molar-refractivity contribution in [1.29, 1.82) is 0 Å². The van der Waals surface area contributed by atoms with Crippen LogP contribution in [0.25, 0.3) is 5.00 Å². The molecule has 2 aromatic heterocycles. The number of likely N-dealkylation sites (tertiary alicyclic amines) is 1. The predicted octanol–water partition coefficient (Wildman–Crippen LogP) is 2.72. The van der Waals surface area contributed by atoms with Crippen molar-refractivity contribution in [3.63, 3.8) is 0 Å². The number of thiazole rings is 1. The fourth-order valence-corrected chi connectivity index (χ4v) is 3.47. The largest absolute Gasteiger partial charge is 0.346 e. The van der Waals surface area contributed by atoms with Crippen LogP contribution < -0.4 is 4.80 Å². The first-order chi connectivity index (χ1) is 8.84. The third-order valence-corrected chi connectivity index (χ3v) is 4.53. The molecule has 0 saturated carbocycles. The Hall–Kier alpha value is -1.40. The standard InChI is InChI=1S/C12H13N3OS2/c16-11(14-5-1-2-6-14)13-12-15(7-9-18-12)10-4-3-8-17-10/h3-4,7-9H,1-2,5-6H2. The van der Waals surface area contributed by atoms with Crippen LogP contribution in [0, 0.1) is 0 Å². The van der Waals surface area contributed by atoms with Crippen molar-refractivity contribution >= 4 is 28.7 Å². The minimum atomic E-state index is -0.111. The normalized spacial score (nSPS) is 16.4. The Bertz CT molecular complexity index is 591. The van der Waals surface area contributed by atoms with Gasteiger partial charge in [-0.15, -0.1) is 22.7 Å². The van der Waals surface area contributed by atoms with Gasteiger partial charge in [-0.25, -0.2) is 4.79 Å². The Morgan fingerprint density at radius 1 is 1.22 bits per heavy atom. The van der Waals surface area contributed by atoms with Crippen LogP contribution in [-0.2, 0) is 0 Å². The van der Waals surface area contributed by atoms with Gasteiger partial charge in [0, 0.05) is 24.7 Å².